The molecule has 0 aliphatic rings. The maximum absolute atomic E-state index is 12.1. The van der Waals surface area contributed by atoms with E-state index in [0.29, 0.717) is 13.1 Å². The van der Waals surface area contributed by atoms with Gasteiger partial charge in [-0.2, -0.15) is 0 Å². The van der Waals surface area contributed by atoms with Gasteiger partial charge in [0.25, 0.3) is 0 Å². The fraction of sp³-hybridized carbons (Fsp3) is 0.571. The fourth-order valence-electron chi connectivity index (χ4n) is 1.93. The van der Waals surface area contributed by atoms with Gasteiger partial charge in [-0.25, -0.2) is 0 Å². The van der Waals surface area contributed by atoms with Crippen molar-refractivity contribution in [3.63, 3.8) is 0 Å². The number of hydrogen-bond acceptors (Lipinski definition) is 3. The molecular weight excluding hydrogens is 226 g/mol. The summed E-state index contributed by atoms with van der Waals surface area (Å²) in [4.78, 5) is 18.2. The van der Waals surface area contributed by atoms with Crippen molar-refractivity contribution >= 4 is 5.91 Å². The van der Waals surface area contributed by atoms with Gasteiger partial charge in [0.1, 0.15) is 0 Å². The van der Waals surface area contributed by atoms with Crippen molar-refractivity contribution in [2.75, 3.05) is 13.6 Å². The third-order valence-corrected chi connectivity index (χ3v) is 2.98. The summed E-state index contributed by atoms with van der Waals surface area (Å²) in [6, 6.07) is 5.87. The molecule has 18 heavy (non-hydrogen) atoms. The van der Waals surface area contributed by atoms with E-state index in [-0.39, 0.29) is 11.8 Å². The number of pyridine rings is 1. The smallest absolute Gasteiger partial charge is 0.225 e. The molecule has 1 rings (SSSR count). The van der Waals surface area contributed by atoms with E-state index in [0.717, 1.165) is 24.2 Å². The van der Waals surface area contributed by atoms with Crippen LogP contribution in [0.15, 0.2) is 18.2 Å². The van der Waals surface area contributed by atoms with Gasteiger partial charge >= 0.3 is 0 Å². The zero-order chi connectivity index (χ0) is 13.5. The average molecular weight is 249 g/mol. The Bertz CT molecular complexity index is 392. The molecule has 1 unspecified atom stereocenters. The number of nitrogens with zero attached hydrogens (tertiary/aromatic N) is 2. The minimum absolute atomic E-state index is 0.0309. The average Bonchev–Trinajstić information content (AvgIpc) is 2.35. The lowest BCUT2D eigenvalue weighted by Gasteiger charge is -2.21. The highest BCUT2D eigenvalue weighted by molar-refractivity contribution is 5.78. The first-order valence-electron chi connectivity index (χ1n) is 6.42. The Morgan fingerprint density at radius 1 is 1.50 bits per heavy atom. The van der Waals surface area contributed by atoms with Crippen LogP contribution in [0.25, 0.3) is 0 Å². The third kappa shape index (κ3) is 4.45. The van der Waals surface area contributed by atoms with Crippen molar-refractivity contribution in [1.82, 2.24) is 9.88 Å². The second-order valence-corrected chi connectivity index (χ2v) is 4.80. The van der Waals surface area contributed by atoms with Gasteiger partial charge in [-0.15, -0.1) is 0 Å². The van der Waals surface area contributed by atoms with Gasteiger partial charge in [0.05, 0.1) is 12.2 Å². The van der Waals surface area contributed by atoms with Crippen molar-refractivity contribution in [2.45, 2.75) is 33.2 Å². The Balaban J connectivity index is 2.54. The first-order chi connectivity index (χ1) is 8.54. The number of carbonyl (C=O) groups excluding carboxylic acids is 1. The second-order valence-electron chi connectivity index (χ2n) is 4.80. The van der Waals surface area contributed by atoms with Crippen LogP contribution < -0.4 is 5.73 Å². The summed E-state index contributed by atoms with van der Waals surface area (Å²) in [6.07, 6.45) is 1.74. The normalized spacial score (nSPS) is 12.2. The fourth-order valence-corrected chi connectivity index (χ4v) is 1.93. The number of rotatable bonds is 6. The predicted octanol–water partition coefficient (Wildman–Crippen LogP) is 1.72. The first kappa shape index (κ1) is 14.6. The van der Waals surface area contributed by atoms with Gasteiger partial charge < -0.3 is 10.6 Å². The molecule has 1 atom stereocenters. The molecule has 2 N–H and O–H groups in total. The van der Waals surface area contributed by atoms with Crippen LogP contribution in [0.5, 0.6) is 0 Å². The van der Waals surface area contributed by atoms with Crippen molar-refractivity contribution < 1.29 is 4.79 Å². The molecule has 0 saturated carbocycles. The SMILES string of the molecule is Cc1cccc(CN(C)C(=O)C(C)CCCN)n1. The van der Waals surface area contributed by atoms with Crippen LogP contribution in [0.3, 0.4) is 0 Å². The van der Waals surface area contributed by atoms with Crippen LogP contribution in [-0.4, -0.2) is 29.4 Å². The highest BCUT2D eigenvalue weighted by Crippen LogP contribution is 2.10. The van der Waals surface area contributed by atoms with Gasteiger partial charge in [-0.3, -0.25) is 9.78 Å². The second kappa shape index (κ2) is 7.11. The summed E-state index contributed by atoms with van der Waals surface area (Å²) >= 11 is 0. The van der Waals surface area contributed by atoms with E-state index in [1.807, 2.05) is 39.1 Å². The molecule has 1 aromatic heterocycles. The zero-order valence-corrected chi connectivity index (χ0v) is 11.5. The minimum atomic E-state index is 0.0309. The van der Waals surface area contributed by atoms with Gasteiger partial charge in [-0.05, 0) is 38.4 Å². The van der Waals surface area contributed by atoms with Crippen LogP contribution in [0, 0.1) is 12.8 Å². The number of aromatic nitrogens is 1. The quantitative estimate of drug-likeness (QED) is 0.835. The molecule has 0 aliphatic carbocycles. The summed E-state index contributed by atoms with van der Waals surface area (Å²) in [5.74, 6) is 0.190. The van der Waals surface area contributed by atoms with Crippen molar-refractivity contribution in [3.05, 3.63) is 29.6 Å². The Hall–Kier alpha value is -1.42. The topological polar surface area (TPSA) is 59.2 Å². The van der Waals surface area contributed by atoms with Crippen molar-refractivity contribution in [3.8, 4) is 0 Å². The van der Waals surface area contributed by atoms with Crippen LogP contribution in [0.4, 0.5) is 0 Å². The standard InChI is InChI=1S/C14H23N3O/c1-11(6-5-9-15)14(18)17(3)10-13-8-4-7-12(2)16-13/h4,7-8,11H,5-6,9-10,15H2,1-3H3. The summed E-state index contributed by atoms with van der Waals surface area (Å²) in [5.41, 5.74) is 7.36. The zero-order valence-electron chi connectivity index (χ0n) is 11.5. The van der Waals surface area contributed by atoms with Gasteiger partial charge in [0.15, 0.2) is 0 Å². The Labute approximate surface area is 109 Å². The van der Waals surface area contributed by atoms with Crippen LogP contribution in [-0.2, 0) is 11.3 Å². The van der Waals surface area contributed by atoms with Crippen LogP contribution >= 0.6 is 0 Å². The maximum atomic E-state index is 12.1. The Morgan fingerprint density at radius 2 is 2.22 bits per heavy atom. The number of hydrogen-bond donors (Lipinski definition) is 1. The summed E-state index contributed by atoms with van der Waals surface area (Å²) in [7, 11) is 1.82. The third-order valence-electron chi connectivity index (χ3n) is 2.98. The molecule has 0 bridgehead atoms. The van der Waals surface area contributed by atoms with E-state index in [2.05, 4.69) is 4.98 Å². The van der Waals surface area contributed by atoms with Crippen LogP contribution in [0.1, 0.15) is 31.2 Å². The van der Waals surface area contributed by atoms with E-state index in [4.69, 9.17) is 5.73 Å². The molecule has 1 heterocycles. The van der Waals surface area contributed by atoms with Gasteiger partial charge in [0, 0.05) is 18.7 Å². The summed E-state index contributed by atoms with van der Waals surface area (Å²) < 4.78 is 0. The van der Waals surface area contributed by atoms with E-state index in [1.165, 1.54) is 0 Å². The summed E-state index contributed by atoms with van der Waals surface area (Å²) in [5, 5.41) is 0. The molecule has 0 aliphatic heterocycles. The van der Waals surface area contributed by atoms with E-state index in [1.54, 1.807) is 4.90 Å². The molecule has 1 aromatic rings. The summed E-state index contributed by atoms with van der Waals surface area (Å²) in [6.45, 7) is 5.11. The first-order valence-corrected chi connectivity index (χ1v) is 6.42. The Morgan fingerprint density at radius 3 is 2.83 bits per heavy atom. The monoisotopic (exact) mass is 249 g/mol. The molecule has 0 fully saturated rings. The van der Waals surface area contributed by atoms with Gasteiger partial charge in [-0.1, -0.05) is 13.0 Å². The highest BCUT2D eigenvalue weighted by atomic mass is 16.2. The lowest BCUT2D eigenvalue weighted by atomic mass is 10.0. The largest absolute Gasteiger partial charge is 0.340 e. The number of carbonyl (C=O) groups is 1. The van der Waals surface area contributed by atoms with E-state index < -0.39 is 0 Å². The van der Waals surface area contributed by atoms with Crippen molar-refractivity contribution in [2.24, 2.45) is 11.7 Å². The number of nitrogens with two attached hydrogens (primary N) is 1. The number of aryl methyl sites for hydroxylation is 1. The van der Waals surface area contributed by atoms with E-state index in [9.17, 15) is 4.79 Å². The lowest BCUT2D eigenvalue weighted by Crippen LogP contribution is -2.31. The Kier molecular flexibility index (Phi) is 5.78. The molecule has 100 valence electrons. The van der Waals surface area contributed by atoms with Crippen molar-refractivity contribution in [1.29, 1.82) is 0 Å². The minimum Gasteiger partial charge on any atom is -0.340 e. The lowest BCUT2D eigenvalue weighted by molar-refractivity contribution is -0.134. The number of amides is 1. The van der Waals surface area contributed by atoms with Crippen LogP contribution in [0.2, 0.25) is 0 Å². The molecule has 1 amide bonds. The predicted molar refractivity (Wildman–Crippen MR) is 72.9 cm³/mol. The molecule has 4 nitrogen and oxygen atoms in total. The molecule has 0 radical (unpaired) electrons. The molecule has 0 saturated heterocycles. The highest BCUT2D eigenvalue weighted by Gasteiger charge is 2.17. The van der Waals surface area contributed by atoms with Gasteiger partial charge in [0.2, 0.25) is 5.91 Å². The molecule has 4 heteroatoms. The molecular formula is C14H23N3O. The molecule has 0 aromatic carbocycles. The van der Waals surface area contributed by atoms with E-state index >= 15 is 0 Å². The molecule has 0 spiro atoms. The maximum Gasteiger partial charge on any atom is 0.225 e.